The normalized spacial score (nSPS) is 15.5. The van der Waals surface area contributed by atoms with Crippen LogP contribution in [0, 0.1) is 0 Å². The van der Waals surface area contributed by atoms with Gasteiger partial charge in [0.1, 0.15) is 5.57 Å². The Kier molecular flexibility index (Phi) is 6.10. The highest BCUT2D eigenvalue weighted by Crippen LogP contribution is 2.37. The van der Waals surface area contributed by atoms with Crippen molar-refractivity contribution in [1.82, 2.24) is 5.32 Å². The van der Waals surface area contributed by atoms with Crippen molar-refractivity contribution in [3.05, 3.63) is 57.6 Å². The van der Waals surface area contributed by atoms with E-state index in [1.807, 2.05) is 0 Å². The van der Waals surface area contributed by atoms with Crippen molar-refractivity contribution in [3.63, 3.8) is 0 Å². The molecular weight excluding hydrogens is 419 g/mol. The van der Waals surface area contributed by atoms with Crippen LogP contribution in [0.5, 0.6) is 11.5 Å². The number of imide groups is 2. The maximum atomic E-state index is 12.9. The van der Waals surface area contributed by atoms with Gasteiger partial charge >= 0.3 is 6.03 Å². The molecule has 1 N–H and O–H groups in total. The predicted molar refractivity (Wildman–Crippen MR) is 110 cm³/mol. The molecule has 0 bridgehead atoms. The van der Waals surface area contributed by atoms with Gasteiger partial charge in [0, 0.05) is 5.02 Å². The van der Waals surface area contributed by atoms with E-state index in [2.05, 4.69) is 5.32 Å². The first kappa shape index (κ1) is 20.7. The van der Waals surface area contributed by atoms with Crippen molar-refractivity contribution in [2.24, 2.45) is 0 Å². The van der Waals surface area contributed by atoms with Gasteiger partial charge in [-0.25, -0.2) is 9.69 Å². The van der Waals surface area contributed by atoms with Gasteiger partial charge in [0.15, 0.2) is 11.5 Å². The molecule has 2 aromatic rings. The molecule has 0 radical (unpaired) electrons. The van der Waals surface area contributed by atoms with E-state index in [0.717, 1.165) is 4.90 Å². The average molecular weight is 435 g/mol. The van der Waals surface area contributed by atoms with E-state index in [4.69, 9.17) is 32.7 Å². The van der Waals surface area contributed by atoms with Crippen LogP contribution in [0.25, 0.3) is 6.08 Å². The van der Waals surface area contributed by atoms with Crippen LogP contribution in [-0.2, 0) is 9.59 Å². The number of nitrogens with one attached hydrogen (secondary N) is 1. The number of carbonyl (C=O) groups is 3. The topological polar surface area (TPSA) is 84.9 Å². The first-order valence-electron chi connectivity index (χ1n) is 8.53. The van der Waals surface area contributed by atoms with Crippen molar-refractivity contribution in [2.75, 3.05) is 18.6 Å². The third-order valence-electron chi connectivity index (χ3n) is 4.04. The molecule has 1 aliphatic heterocycles. The number of amides is 4. The first-order chi connectivity index (χ1) is 13.8. The van der Waals surface area contributed by atoms with Crippen molar-refractivity contribution in [1.29, 1.82) is 0 Å². The Morgan fingerprint density at radius 1 is 1.10 bits per heavy atom. The number of ether oxygens (including phenoxy) is 2. The Morgan fingerprint density at radius 2 is 1.79 bits per heavy atom. The maximum absolute atomic E-state index is 12.9. The monoisotopic (exact) mass is 434 g/mol. The lowest BCUT2D eigenvalue weighted by molar-refractivity contribution is -0.122. The van der Waals surface area contributed by atoms with E-state index in [1.54, 1.807) is 13.0 Å². The van der Waals surface area contributed by atoms with Crippen molar-refractivity contribution in [2.45, 2.75) is 6.92 Å². The van der Waals surface area contributed by atoms with Gasteiger partial charge in [-0.05, 0) is 55.0 Å². The summed E-state index contributed by atoms with van der Waals surface area (Å²) in [6.45, 7) is 2.19. The Bertz CT molecular complexity index is 1020. The fourth-order valence-corrected chi connectivity index (χ4v) is 3.16. The third-order valence-corrected chi connectivity index (χ3v) is 4.57. The number of benzene rings is 2. The highest BCUT2D eigenvalue weighted by atomic mass is 35.5. The van der Waals surface area contributed by atoms with Crippen LogP contribution in [-0.4, -0.2) is 31.6 Å². The zero-order chi connectivity index (χ0) is 21.1. The molecule has 29 heavy (non-hydrogen) atoms. The number of hydrogen-bond donors (Lipinski definition) is 1. The Labute approximate surface area is 176 Å². The van der Waals surface area contributed by atoms with E-state index in [1.165, 1.54) is 43.5 Å². The lowest BCUT2D eigenvalue weighted by Gasteiger charge is -2.26. The molecule has 3 rings (SSSR count). The van der Waals surface area contributed by atoms with E-state index in [9.17, 15) is 14.4 Å². The minimum absolute atomic E-state index is 0.234. The van der Waals surface area contributed by atoms with Crippen LogP contribution >= 0.6 is 23.2 Å². The summed E-state index contributed by atoms with van der Waals surface area (Å²) in [6.07, 6.45) is 1.33. The highest BCUT2D eigenvalue weighted by Gasteiger charge is 2.36. The van der Waals surface area contributed by atoms with Crippen LogP contribution in [0.2, 0.25) is 10.0 Å². The van der Waals surface area contributed by atoms with Crippen molar-refractivity contribution >= 4 is 52.8 Å². The number of nitrogens with zero attached hydrogens (tertiary/aromatic N) is 1. The number of anilines is 1. The molecule has 150 valence electrons. The van der Waals surface area contributed by atoms with Gasteiger partial charge in [-0.3, -0.25) is 14.9 Å². The predicted octanol–water partition coefficient (Wildman–Crippen LogP) is 4.07. The molecule has 9 heteroatoms. The molecule has 0 saturated carbocycles. The van der Waals surface area contributed by atoms with E-state index < -0.39 is 17.8 Å². The number of carbonyl (C=O) groups excluding carboxylic acids is 3. The number of rotatable bonds is 5. The molecule has 2 aromatic carbocycles. The second-order valence-electron chi connectivity index (χ2n) is 5.90. The zero-order valence-corrected chi connectivity index (χ0v) is 17.0. The van der Waals surface area contributed by atoms with Gasteiger partial charge < -0.3 is 9.47 Å². The standard InChI is InChI=1S/C20H16Cl2N2O5/c1-3-29-17-15(22)9-11(10-16(17)28-2)8-14-18(25)23-20(27)24(19(14)26)13-6-4-12(21)5-7-13/h4-10H,3H2,1-2H3,(H,23,25,27)/b14-8+. The largest absolute Gasteiger partial charge is 0.493 e. The van der Waals surface area contributed by atoms with Gasteiger partial charge in [-0.1, -0.05) is 23.2 Å². The second kappa shape index (κ2) is 8.55. The first-order valence-corrected chi connectivity index (χ1v) is 9.28. The van der Waals surface area contributed by atoms with Crippen LogP contribution in [0.1, 0.15) is 12.5 Å². The van der Waals surface area contributed by atoms with Crippen molar-refractivity contribution < 1.29 is 23.9 Å². The molecule has 0 atom stereocenters. The number of barbiturate groups is 1. The quantitative estimate of drug-likeness (QED) is 0.566. The summed E-state index contributed by atoms with van der Waals surface area (Å²) in [7, 11) is 1.45. The number of methoxy groups -OCH3 is 1. The summed E-state index contributed by atoms with van der Waals surface area (Å²) < 4.78 is 10.7. The lowest BCUT2D eigenvalue weighted by atomic mass is 10.1. The molecular formula is C20H16Cl2N2O5. The molecule has 0 spiro atoms. The smallest absolute Gasteiger partial charge is 0.335 e. The average Bonchev–Trinajstić information content (AvgIpc) is 2.68. The van der Waals surface area contributed by atoms with Gasteiger partial charge in [0.05, 0.1) is 24.4 Å². The summed E-state index contributed by atoms with van der Waals surface area (Å²) in [5, 5.41) is 2.86. The molecule has 4 amide bonds. The fraction of sp³-hybridized carbons (Fsp3) is 0.150. The maximum Gasteiger partial charge on any atom is 0.335 e. The summed E-state index contributed by atoms with van der Waals surface area (Å²) in [4.78, 5) is 38.3. The molecule has 0 aromatic heterocycles. The van der Waals surface area contributed by atoms with Crippen molar-refractivity contribution in [3.8, 4) is 11.5 Å². The van der Waals surface area contributed by atoms with Crippen LogP contribution in [0.3, 0.4) is 0 Å². The summed E-state index contributed by atoms with van der Waals surface area (Å²) >= 11 is 12.1. The van der Waals surface area contributed by atoms with Crippen LogP contribution in [0.4, 0.5) is 10.5 Å². The SMILES string of the molecule is CCOc1c(Cl)cc(/C=C2\C(=O)NC(=O)N(c3ccc(Cl)cc3)C2=O)cc1OC. The fourth-order valence-electron chi connectivity index (χ4n) is 2.76. The van der Waals surface area contributed by atoms with E-state index in [0.29, 0.717) is 28.7 Å². The molecule has 1 heterocycles. The molecule has 7 nitrogen and oxygen atoms in total. The Hall–Kier alpha value is -3.03. The van der Waals surface area contributed by atoms with Gasteiger partial charge in [0.2, 0.25) is 0 Å². The van der Waals surface area contributed by atoms with Crippen LogP contribution < -0.4 is 19.7 Å². The van der Waals surface area contributed by atoms with E-state index in [-0.39, 0.29) is 16.3 Å². The van der Waals surface area contributed by atoms with Gasteiger partial charge in [0.25, 0.3) is 11.8 Å². The minimum atomic E-state index is -0.846. The Morgan fingerprint density at radius 3 is 2.41 bits per heavy atom. The zero-order valence-electron chi connectivity index (χ0n) is 15.5. The highest BCUT2D eigenvalue weighted by molar-refractivity contribution is 6.39. The minimum Gasteiger partial charge on any atom is -0.493 e. The number of hydrogen-bond acceptors (Lipinski definition) is 5. The molecule has 1 fully saturated rings. The lowest BCUT2D eigenvalue weighted by Crippen LogP contribution is -2.54. The molecule has 1 saturated heterocycles. The Balaban J connectivity index is 2.02. The summed E-state index contributed by atoms with van der Waals surface area (Å²) in [6, 6.07) is 8.34. The molecule has 0 unspecified atom stereocenters. The summed E-state index contributed by atoms with van der Waals surface area (Å²) in [5.41, 5.74) is 0.471. The second-order valence-corrected chi connectivity index (χ2v) is 6.75. The van der Waals surface area contributed by atoms with Crippen LogP contribution in [0.15, 0.2) is 42.0 Å². The molecule has 1 aliphatic rings. The molecule has 0 aliphatic carbocycles. The van der Waals surface area contributed by atoms with Gasteiger partial charge in [-0.2, -0.15) is 0 Å². The van der Waals surface area contributed by atoms with E-state index >= 15 is 0 Å². The van der Waals surface area contributed by atoms with Gasteiger partial charge in [-0.15, -0.1) is 0 Å². The summed E-state index contributed by atoms with van der Waals surface area (Å²) in [5.74, 6) is -0.879. The number of urea groups is 1. The third kappa shape index (κ3) is 4.21. The number of halogens is 2.